The van der Waals surface area contributed by atoms with Gasteiger partial charge in [0.15, 0.2) is 4.90 Å². The van der Waals surface area contributed by atoms with E-state index in [2.05, 4.69) is 0 Å². The van der Waals surface area contributed by atoms with Crippen LogP contribution in [0.25, 0.3) is 0 Å². The van der Waals surface area contributed by atoms with Crippen LogP contribution in [0.4, 0.5) is 4.39 Å². The van der Waals surface area contributed by atoms with E-state index < -0.39 is 32.1 Å². The number of hydrogen-bond acceptors (Lipinski definition) is 5. The van der Waals surface area contributed by atoms with E-state index in [1.807, 2.05) is 0 Å². The molecular formula is C13H13FN2O5S. The van der Waals surface area contributed by atoms with E-state index in [1.165, 1.54) is 26.1 Å². The Kier molecular flexibility index (Phi) is 3.92. The van der Waals surface area contributed by atoms with Gasteiger partial charge in [-0.05, 0) is 19.1 Å². The zero-order valence-corrected chi connectivity index (χ0v) is 12.8. The molecule has 0 amide bonds. The Morgan fingerprint density at radius 1 is 1.14 bits per heavy atom. The van der Waals surface area contributed by atoms with E-state index in [0.717, 1.165) is 23.7 Å². The summed E-state index contributed by atoms with van der Waals surface area (Å²) in [4.78, 5) is 23.2. The fourth-order valence-electron chi connectivity index (χ4n) is 1.89. The molecule has 0 N–H and O–H groups in total. The number of rotatable bonds is 3. The van der Waals surface area contributed by atoms with Crippen molar-refractivity contribution in [2.45, 2.75) is 11.8 Å². The van der Waals surface area contributed by atoms with Gasteiger partial charge in [0.1, 0.15) is 11.6 Å². The van der Waals surface area contributed by atoms with Gasteiger partial charge in [0, 0.05) is 25.9 Å². The van der Waals surface area contributed by atoms with Gasteiger partial charge in [-0.1, -0.05) is 6.07 Å². The molecule has 0 radical (unpaired) electrons. The summed E-state index contributed by atoms with van der Waals surface area (Å²) in [5.41, 5.74) is -1.73. The van der Waals surface area contributed by atoms with Crippen molar-refractivity contribution in [1.29, 1.82) is 0 Å². The van der Waals surface area contributed by atoms with Crippen LogP contribution >= 0.6 is 0 Å². The molecule has 0 unspecified atom stereocenters. The lowest BCUT2D eigenvalue weighted by Gasteiger charge is -2.12. The number of halogens is 1. The highest BCUT2D eigenvalue weighted by Crippen LogP contribution is 2.18. The summed E-state index contributed by atoms with van der Waals surface area (Å²) in [6.07, 6.45) is 0. The standard InChI is InChI=1S/C13H13FN2O5S/c1-8-11(12(17)16(3)13(18)15(8)2)22(19,20)21-10-6-4-5-9(14)7-10/h4-7H,1-3H3. The van der Waals surface area contributed by atoms with Crippen molar-refractivity contribution >= 4 is 10.1 Å². The molecule has 0 saturated heterocycles. The van der Waals surface area contributed by atoms with Gasteiger partial charge < -0.3 is 4.18 Å². The predicted octanol–water partition coefficient (Wildman–Crippen LogP) is 0.299. The zero-order chi connectivity index (χ0) is 16.7. The maximum atomic E-state index is 13.1. The highest BCUT2D eigenvalue weighted by Gasteiger charge is 2.27. The highest BCUT2D eigenvalue weighted by atomic mass is 32.2. The molecule has 1 heterocycles. The number of nitrogens with zero attached hydrogens (tertiary/aromatic N) is 2. The molecule has 0 aliphatic rings. The molecule has 0 aliphatic heterocycles. The molecule has 0 atom stereocenters. The summed E-state index contributed by atoms with van der Waals surface area (Å²) < 4.78 is 44.2. The minimum absolute atomic E-state index is 0.0653. The van der Waals surface area contributed by atoms with E-state index in [1.54, 1.807) is 0 Å². The van der Waals surface area contributed by atoms with Gasteiger partial charge in [-0.2, -0.15) is 8.42 Å². The lowest BCUT2D eigenvalue weighted by atomic mass is 10.3. The summed E-state index contributed by atoms with van der Waals surface area (Å²) >= 11 is 0. The minimum atomic E-state index is -4.51. The second-order valence-corrected chi connectivity index (χ2v) is 6.10. The second kappa shape index (κ2) is 5.41. The lowest BCUT2D eigenvalue weighted by Crippen LogP contribution is -2.41. The zero-order valence-electron chi connectivity index (χ0n) is 12.0. The van der Waals surface area contributed by atoms with Crippen LogP contribution in [0, 0.1) is 12.7 Å². The number of aromatic nitrogens is 2. The Hall–Kier alpha value is -2.42. The minimum Gasteiger partial charge on any atom is -0.379 e. The maximum Gasteiger partial charge on any atom is 0.346 e. The average molecular weight is 328 g/mol. The van der Waals surface area contributed by atoms with Crippen LogP contribution in [0.1, 0.15) is 5.69 Å². The van der Waals surface area contributed by atoms with Crippen LogP contribution in [-0.4, -0.2) is 17.6 Å². The summed E-state index contributed by atoms with van der Waals surface area (Å²) in [5.74, 6) is -0.951. The fourth-order valence-corrected chi connectivity index (χ4v) is 3.18. The molecule has 1 aromatic carbocycles. The van der Waals surface area contributed by atoms with Crippen molar-refractivity contribution in [2.24, 2.45) is 14.1 Å². The number of hydrogen-bond donors (Lipinski definition) is 0. The first-order valence-corrected chi connectivity index (χ1v) is 7.52. The summed E-state index contributed by atoms with van der Waals surface area (Å²) in [7, 11) is -2.02. The molecule has 2 rings (SSSR count). The molecule has 0 spiro atoms. The van der Waals surface area contributed by atoms with Crippen LogP contribution in [0.2, 0.25) is 0 Å². The topological polar surface area (TPSA) is 87.4 Å². The van der Waals surface area contributed by atoms with E-state index in [0.29, 0.717) is 4.57 Å². The first-order valence-electron chi connectivity index (χ1n) is 6.12. The van der Waals surface area contributed by atoms with Crippen molar-refractivity contribution in [3.8, 4) is 5.75 Å². The Labute approximate surface area is 125 Å². The summed E-state index contributed by atoms with van der Waals surface area (Å²) in [6, 6.07) is 4.50. The summed E-state index contributed by atoms with van der Waals surface area (Å²) in [5, 5.41) is 0. The van der Waals surface area contributed by atoms with E-state index in [-0.39, 0.29) is 11.4 Å². The molecule has 9 heteroatoms. The highest BCUT2D eigenvalue weighted by molar-refractivity contribution is 7.87. The van der Waals surface area contributed by atoms with E-state index in [9.17, 15) is 22.4 Å². The van der Waals surface area contributed by atoms with Gasteiger partial charge in [0.05, 0.1) is 0 Å². The molecule has 118 valence electrons. The monoisotopic (exact) mass is 328 g/mol. The van der Waals surface area contributed by atoms with Gasteiger partial charge in [-0.25, -0.2) is 9.18 Å². The molecule has 1 aromatic heterocycles. The van der Waals surface area contributed by atoms with Crippen molar-refractivity contribution in [2.75, 3.05) is 0 Å². The molecule has 0 bridgehead atoms. The predicted molar refractivity (Wildman–Crippen MR) is 75.9 cm³/mol. The maximum absolute atomic E-state index is 13.1. The van der Waals surface area contributed by atoms with E-state index in [4.69, 9.17) is 4.18 Å². The summed E-state index contributed by atoms with van der Waals surface area (Å²) in [6.45, 7) is 1.31. The largest absolute Gasteiger partial charge is 0.379 e. The molecule has 2 aromatic rings. The molecule has 0 saturated carbocycles. The van der Waals surface area contributed by atoms with Crippen LogP contribution in [-0.2, 0) is 24.2 Å². The third kappa shape index (κ3) is 2.67. The van der Waals surface area contributed by atoms with Crippen LogP contribution in [0.3, 0.4) is 0 Å². The Bertz CT molecular complexity index is 959. The molecule has 22 heavy (non-hydrogen) atoms. The normalized spacial score (nSPS) is 11.5. The van der Waals surface area contributed by atoms with Gasteiger partial charge in [-0.15, -0.1) is 0 Å². The van der Waals surface area contributed by atoms with Gasteiger partial charge >= 0.3 is 15.8 Å². The first-order chi connectivity index (χ1) is 10.1. The van der Waals surface area contributed by atoms with Gasteiger partial charge in [0.25, 0.3) is 5.56 Å². The van der Waals surface area contributed by atoms with Gasteiger partial charge in [-0.3, -0.25) is 13.9 Å². The molecule has 0 aliphatic carbocycles. The van der Waals surface area contributed by atoms with Crippen molar-refractivity contribution in [3.05, 3.63) is 56.6 Å². The molecule has 0 fully saturated rings. The van der Waals surface area contributed by atoms with Crippen molar-refractivity contribution < 1.29 is 17.0 Å². The Balaban J connectivity index is 2.65. The Morgan fingerprint density at radius 3 is 2.36 bits per heavy atom. The third-order valence-corrected chi connectivity index (χ3v) is 4.54. The molecule has 7 nitrogen and oxygen atoms in total. The van der Waals surface area contributed by atoms with Gasteiger partial charge in [0.2, 0.25) is 0 Å². The Morgan fingerprint density at radius 2 is 1.77 bits per heavy atom. The SMILES string of the molecule is Cc1c(S(=O)(=O)Oc2cccc(F)c2)c(=O)n(C)c(=O)n1C. The van der Waals surface area contributed by atoms with Crippen molar-refractivity contribution in [1.82, 2.24) is 9.13 Å². The smallest absolute Gasteiger partial charge is 0.346 e. The lowest BCUT2D eigenvalue weighted by molar-refractivity contribution is 0.476. The fraction of sp³-hybridized carbons (Fsp3) is 0.231. The van der Waals surface area contributed by atoms with Crippen LogP contribution in [0.15, 0.2) is 38.8 Å². The second-order valence-electron chi connectivity index (χ2n) is 4.62. The molecular weight excluding hydrogens is 315 g/mol. The van der Waals surface area contributed by atoms with E-state index >= 15 is 0 Å². The van der Waals surface area contributed by atoms with Crippen LogP contribution in [0.5, 0.6) is 5.75 Å². The quantitative estimate of drug-likeness (QED) is 0.756. The average Bonchev–Trinajstić information content (AvgIpc) is 2.42. The van der Waals surface area contributed by atoms with Crippen LogP contribution < -0.4 is 15.4 Å². The third-order valence-electron chi connectivity index (χ3n) is 3.16. The number of benzene rings is 1. The first kappa shape index (κ1) is 16.0. The van der Waals surface area contributed by atoms with Crippen molar-refractivity contribution in [3.63, 3.8) is 0 Å².